The van der Waals surface area contributed by atoms with Crippen LogP contribution >= 0.6 is 0 Å². The van der Waals surface area contributed by atoms with E-state index in [1.54, 1.807) is 4.31 Å². The van der Waals surface area contributed by atoms with Crippen LogP contribution in [0.4, 0.5) is 0 Å². The van der Waals surface area contributed by atoms with E-state index in [1.807, 2.05) is 18.2 Å². The largest absolute Gasteiger partial charge is 0.298 e. The van der Waals surface area contributed by atoms with Gasteiger partial charge in [0.05, 0.1) is 5.75 Å². The first kappa shape index (κ1) is 15.0. The second kappa shape index (κ2) is 6.46. The van der Waals surface area contributed by atoms with Gasteiger partial charge >= 0.3 is 0 Å². The molecule has 0 N–H and O–H groups in total. The van der Waals surface area contributed by atoms with E-state index in [2.05, 4.69) is 17.0 Å². The van der Waals surface area contributed by atoms with Gasteiger partial charge in [-0.2, -0.15) is 4.31 Å². The van der Waals surface area contributed by atoms with E-state index in [-0.39, 0.29) is 5.75 Å². The Morgan fingerprint density at radius 2 is 1.67 bits per heavy atom. The summed E-state index contributed by atoms with van der Waals surface area (Å²) in [6.07, 6.45) is 4.13. The molecule has 1 aromatic rings. The number of hydrogen-bond acceptors (Lipinski definition) is 3. The molecule has 116 valence electrons. The summed E-state index contributed by atoms with van der Waals surface area (Å²) in [6.45, 7) is 3.15. The summed E-state index contributed by atoms with van der Waals surface area (Å²) in [4.78, 5) is 2.44. The fourth-order valence-electron chi connectivity index (χ4n) is 3.02. The average Bonchev–Trinajstić information content (AvgIpc) is 3.33. The van der Waals surface area contributed by atoms with Gasteiger partial charge in [0.25, 0.3) is 0 Å². The van der Waals surface area contributed by atoms with Crippen LogP contribution in [0.25, 0.3) is 0 Å². The third kappa shape index (κ3) is 4.05. The summed E-state index contributed by atoms with van der Waals surface area (Å²) >= 11 is 0. The van der Waals surface area contributed by atoms with Crippen molar-refractivity contribution < 1.29 is 8.42 Å². The summed E-state index contributed by atoms with van der Waals surface area (Å²) in [5.74, 6) is 0.269. The molecule has 2 aliphatic rings. The topological polar surface area (TPSA) is 40.6 Å². The minimum Gasteiger partial charge on any atom is -0.298 e. The summed E-state index contributed by atoms with van der Waals surface area (Å²) in [5, 5.41) is 0. The highest BCUT2D eigenvalue weighted by Crippen LogP contribution is 2.27. The number of piperazine rings is 1. The maximum absolute atomic E-state index is 12.4. The molecular formula is C16H24N2O2S. The number of aryl methyl sites for hydroxylation is 1. The molecule has 0 aromatic heterocycles. The van der Waals surface area contributed by atoms with Crippen LogP contribution in [0.1, 0.15) is 24.8 Å². The van der Waals surface area contributed by atoms with Crippen LogP contribution in [0.5, 0.6) is 0 Å². The van der Waals surface area contributed by atoms with E-state index >= 15 is 0 Å². The van der Waals surface area contributed by atoms with Crippen LogP contribution in [0.3, 0.4) is 0 Å². The Hall–Kier alpha value is -0.910. The van der Waals surface area contributed by atoms with Crippen molar-refractivity contribution in [3.8, 4) is 0 Å². The summed E-state index contributed by atoms with van der Waals surface area (Å²) in [7, 11) is -3.08. The highest BCUT2D eigenvalue weighted by atomic mass is 32.2. The van der Waals surface area contributed by atoms with E-state index in [4.69, 9.17) is 0 Å². The molecule has 4 nitrogen and oxygen atoms in total. The van der Waals surface area contributed by atoms with Crippen LogP contribution in [0.2, 0.25) is 0 Å². The molecule has 0 bridgehead atoms. The van der Waals surface area contributed by atoms with Crippen molar-refractivity contribution in [2.45, 2.75) is 31.7 Å². The molecule has 0 spiro atoms. The predicted octanol–water partition coefficient (Wildman–Crippen LogP) is 1.73. The Balaban J connectivity index is 1.45. The number of sulfonamides is 1. The van der Waals surface area contributed by atoms with Gasteiger partial charge in [-0.05, 0) is 31.2 Å². The standard InChI is InChI=1S/C16H24N2O2S/c19-21(20,14-4-7-15-5-2-1-3-6-15)18-12-10-17(11-13-18)16-8-9-16/h1-3,5-6,16H,4,7-14H2. The lowest BCUT2D eigenvalue weighted by molar-refractivity contribution is 0.180. The molecule has 0 radical (unpaired) electrons. The molecule has 3 rings (SSSR count). The molecule has 1 aliphatic carbocycles. The quantitative estimate of drug-likeness (QED) is 0.803. The first-order valence-corrected chi connectivity index (χ1v) is 9.52. The van der Waals surface area contributed by atoms with Crippen molar-refractivity contribution in [1.29, 1.82) is 0 Å². The first-order valence-electron chi connectivity index (χ1n) is 7.91. The van der Waals surface area contributed by atoms with Crippen LogP contribution in [0.15, 0.2) is 30.3 Å². The second-order valence-corrected chi connectivity index (χ2v) is 8.16. The van der Waals surface area contributed by atoms with Crippen LogP contribution < -0.4 is 0 Å². The molecular weight excluding hydrogens is 284 g/mol. The normalized spacial score (nSPS) is 21.5. The lowest BCUT2D eigenvalue weighted by Gasteiger charge is -2.34. The Morgan fingerprint density at radius 3 is 2.29 bits per heavy atom. The maximum Gasteiger partial charge on any atom is 0.214 e. The van der Waals surface area contributed by atoms with Gasteiger partial charge in [-0.15, -0.1) is 0 Å². The zero-order chi connectivity index (χ0) is 14.7. The van der Waals surface area contributed by atoms with Crippen molar-refractivity contribution in [3.05, 3.63) is 35.9 Å². The van der Waals surface area contributed by atoms with Crippen molar-refractivity contribution in [3.63, 3.8) is 0 Å². The van der Waals surface area contributed by atoms with Gasteiger partial charge < -0.3 is 0 Å². The SMILES string of the molecule is O=S(=O)(CCCc1ccccc1)N1CCN(C2CC2)CC1. The van der Waals surface area contributed by atoms with E-state index in [9.17, 15) is 8.42 Å². The molecule has 0 amide bonds. The van der Waals surface area contributed by atoms with Gasteiger partial charge in [0, 0.05) is 32.2 Å². The zero-order valence-electron chi connectivity index (χ0n) is 12.4. The van der Waals surface area contributed by atoms with Crippen molar-refractivity contribution in [2.75, 3.05) is 31.9 Å². The molecule has 1 heterocycles. The third-order valence-electron chi connectivity index (χ3n) is 4.44. The Bertz CT molecular complexity index is 547. The van der Waals surface area contributed by atoms with Crippen molar-refractivity contribution in [2.24, 2.45) is 0 Å². The monoisotopic (exact) mass is 308 g/mol. The highest BCUT2D eigenvalue weighted by molar-refractivity contribution is 7.89. The van der Waals surface area contributed by atoms with E-state index < -0.39 is 10.0 Å². The van der Waals surface area contributed by atoms with Crippen molar-refractivity contribution >= 4 is 10.0 Å². The minimum atomic E-state index is -3.08. The second-order valence-electron chi connectivity index (χ2n) is 6.07. The molecule has 2 fully saturated rings. The van der Waals surface area contributed by atoms with Crippen LogP contribution in [-0.2, 0) is 16.4 Å². The fraction of sp³-hybridized carbons (Fsp3) is 0.625. The molecule has 0 unspecified atom stereocenters. The van der Waals surface area contributed by atoms with Gasteiger partial charge in [-0.1, -0.05) is 30.3 Å². The summed E-state index contributed by atoms with van der Waals surface area (Å²) in [5.41, 5.74) is 1.21. The molecule has 1 saturated heterocycles. The first-order chi connectivity index (χ1) is 10.1. The van der Waals surface area contributed by atoms with Crippen LogP contribution in [0, 0.1) is 0 Å². The molecule has 1 aromatic carbocycles. The fourth-order valence-corrected chi connectivity index (χ4v) is 4.51. The van der Waals surface area contributed by atoms with E-state index in [0.29, 0.717) is 19.5 Å². The number of nitrogens with zero attached hydrogens (tertiary/aromatic N) is 2. The Morgan fingerprint density at radius 1 is 1.00 bits per heavy atom. The third-order valence-corrected chi connectivity index (χ3v) is 6.40. The predicted molar refractivity (Wildman–Crippen MR) is 84.7 cm³/mol. The van der Waals surface area contributed by atoms with Gasteiger partial charge in [0.15, 0.2) is 0 Å². The number of rotatable bonds is 6. The smallest absolute Gasteiger partial charge is 0.214 e. The Labute approximate surface area is 127 Å². The minimum absolute atomic E-state index is 0.269. The van der Waals surface area contributed by atoms with Gasteiger partial charge in [-0.3, -0.25) is 4.90 Å². The van der Waals surface area contributed by atoms with Gasteiger partial charge in [0.2, 0.25) is 10.0 Å². The average molecular weight is 308 g/mol. The lowest BCUT2D eigenvalue weighted by atomic mass is 10.1. The summed E-state index contributed by atoms with van der Waals surface area (Å²) in [6, 6.07) is 10.8. The zero-order valence-corrected chi connectivity index (χ0v) is 13.3. The van der Waals surface area contributed by atoms with Crippen molar-refractivity contribution in [1.82, 2.24) is 9.21 Å². The van der Waals surface area contributed by atoms with E-state index in [0.717, 1.165) is 25.6 Å². The maximum atomic E-state index is 12.4. The molecule has 1 aliphatic heterocycles. The van der Waals surface area contributed by atoms with Gasteiger partial charge in [0.1, 0.15) is 0 Å². The van der Waals surface area contributed by atoms with Crippen LogP contribution in [-0.4, -0.2) is 55.6 Å². The molecule has 5 heteroatoms. The molecule has 21 heavy (non-hydrogen) atoms. The number of hydrogen-bond donors (Lipinski definition) is 0. The number of benzene rings is 1. The molecule has 0 atom stereocenters. The van der Waals surface area contributed by atoms with E-state index in [1.165, 1.54) is 18.4 Å². The highest BCUT2D eigenvalue weighted by Gasteiger charge is 2.33. The molecule has 1 saturated carbocycles. The lowest BCUT2D eigenvalue weighted by Crippen LogP contribution is -2.49. The Kier molecular flexibility index (Phi) is 4.62. The summed E-state index contributed by atoms with van der Waals surface area (Å²) < 4.78 is 26.4. The van der Waals surface area contributed by atoms with Gasteiger partial charge in [-0.25, -0.2) is 8.42 Å².